The summed E-state index contributed by atoms with van der Waals surface area (Å²) in [5.41, 5.74) is 2.75. The van der Waals surface area contributed by atoms with Gasteiger partial charge in [0.15, 0.2) is 0 Å². The van der Waals surface area contributed by atoms with Gasteiger partial charge in [-0.15, -0.1) is 11.8 Å². The average molecular weight is 313 g/mol. The van der Waals surface area contributed by atoms with Crippen LogP contribution in [0.15, 0.2) is 53.4 Å². The number of methoxy groups -OCH3 is 1. The summed E-state index contributed by atoms with van der Waals surface area (Å²) in [7, 11) is 1.62. The molecule has 1 N–H and O–H groups in total. The molecule has 0 fully saturated rings. The summed E-state index contributed by atoms with van der Waals surface area (Å²) in [5.74, 6) is 0.627. The normalized spacial score (nSPS) is 10.7. The molecule has 0 unspecified atom stereocenters. The molecular formula is C18H19NO2S. The molecule has 0 atom stereocenters. The van der Waals surface area contributed by atoms with Crippen LogP contribution in [0.1, 0.15) is 11.1 Å². The van der Waals surface area contributed by atoms with E-state index in [1.165, 1.54) is 11.0 Å². The second-order valence-electron chi connectivity index (χ2n) is 4.78. The number of thioether (sulfide) groups is 1. The summed E-state index contributed by atoms with van der Waals surface area (Å²) in [4.78, 5) is 13.2. The fraction of sp³-hybridized carbons (Fsp3) is 0.167. The molecule has 0 aliphatic carbocycles. The first-order chi connectivity index (χ1) is 10.6. The number of rotatable bonds is 5. The molecular weight excluding hydrogens is 294 g/mol. The largest absolute Gasteiger partial charge is 0.497 e. The van der Waals surface area contributed by atoms with Gasteiger partial charge in [-0.05, 0) is 60.7 Å². The summed E-state index contributed by atoms with van der Waals surface area (Å²) < 4.78 is 5.15. The minimum absolute atomic E-state index is 0.151. The van der Waals surface area contributed by atoms with E-state index in [4.69, 9.17) is 4.74 Å². The number of carbonyl (C=O) groups excluding carboxylic acids is 1. The number of aryl methyl sites for hydroxylation is 1. The molecule has 0 aliphatic rings. The van der Waals surface area contributed by atoms with Gasteiger partial charge >= 0.3 is 0 Å². The van der Waals surface area contributed by atoms with E-state index in [0.29, 0.717) is 0 Å². The first kappa shape index (κ1) is 16.2. The van der Waals surface area contributed by atoms with Crippen LogP contribution in [0.4, 0.5) is 5.69 Å². The van der Waals surface area contributed by atoms with Gasteiger partial charge in [0.25, 0.3) is 0 Å². The number of benzene rings is 2. The predicted octanol–water partition coefficient (Wildman–Crippen LogP) is 4.38. The standard InChI is InChI=1S/C18H19NO2S/c1-13-12-15(21-2)7-10-17(13)19-18(20)11-6-14-4-8-16(22-3)9-5-14/h4-12H,1-3H3,(H,19,20)/b11-6+. The molecule has 2 rings (SSSR count). The SMILES string of the molecule is COc1ccc(NC(=O)/C=C/c2ccc(SC)cc2)c(C)c1. The molecule has 1 amide bonds. The summed E-state index contributed by atoms with van der Waals surface area (Å²) >= 11 is 1.69. The van der Waals surface area contributed by atoms with Gasteiger partial charge in [-0.2, -0.15) is 0 Å². The van der Waals surface area contributed by atoms with Gasteiger partial charge in [0.05, 0.1) is 7.11 Å². The van der Waals surface area contributed by atoms with Crippen LogP contribution in [0.2, 0.25) is 0 Å². The molecule has 0 heterocycles. The van der Waals surface area contributed by atoms with Gasteiger partial charge in [-0.25, -0.2) is 0 Å². The summed E-state index contributed by atoms with van der Waals surface area (Å²) in [5, 5.41) is 2.87. The quantitative estimate of drug-likeness (QED) is 0.657. The van der Waals surface area contributed by atoms with E-state index in [2.05, 4.69) is 5.32 Å². The monoisotopic (exact) mass is 313 g/mol. The topological polar surface area (TPSA) is 38.3 Å². The zero-order valence-corrected chi connectivity index (χ0v) is 13.7. The Morgan fingerprint density at radius 3 is 2.50 bits per heavy atom. The second-order valence-corrected chi connectivity index (χ2v) is 5.66. The second kappa shape index (κ2) is 7.71. The van der Waals surface area contributed by atoms with Crippen LogP contribution in [0.25, 0.3) is 6.08 Å². The van der Waals surface area contributed by atoms with Gasteiger partial charge in [-0.3, -0.25) is 4.79 Å². The number of amides is 1. The van der Waals surface area contributed by atoms with Crippen molar-refractivity contribution in [3.63, 3.8) is 0 Å². The van der Waals surface area contributed by atoms with Crippen LogP contribution in [0.3, 0.4) is 0 Å². The highest BCUT2D eigenvalue weighted by atomic mass is 32.2. The molecule has 0 saturated carbocycles. The Morgan fingerprint density at radius 2 is 1.91 bits per heavy atom. The lowest BCUT2D eigenvalue weighted by atomic mass is 10.2. The molecule has 0 aliphatic heterocycles. The number of nitrogens with one attached hydrogen (secondary N) is 1. The lowest BCUT2D eigenvalue weighted by Gasteiger charge is -2.08. The smallest absolute Gasteiger partial charge is 0.248 e. The van der Waals surface area contributed by atoms with Crippen molar-refractivity contribution in [1.29, 1.82) is 0 Å². The van der Waals surface area contributed by atoms with E-state index in [1.54, 1.807) is 24.9 Å². The average Bonchev–Trinajstić information content (AvgIpc) is 2.55. The van der Waals surface area contributed by atoms with E-state index in [-0.39, 0.29) is 5.91 Å². The number of ether oxygens (including phenoxy) is 1. The third-order valence-electron chi connectivity index (χ3n) is 3.23. The molecule has 0 bridgehead atoms. The maximum Gasteiger partial charge on any atom is 0.248 e. The van der Waals surface area contributed by atoms with E-state index in [0.717, 1.165) is 22.6 Å². The van der Waals surface area contributed by atoms with Crippen LogP contribution in [-0.4, -0.2) is 19.3 Å². The molecule has 0 saturated heterocycles. The Kier molecular flexibility index (Phi) is 5.67. The Balaban J connectivity index is 2.01. The van der Waals surface area contributed by atoms with Crippen molar-refractivity contribution >= 4 is 29.4 Å². The molecule has 0 spiro atoms. The first-order valence-corrected chi connectivity index (χ1v) is 8.12. The van der Waals surface area contributed by atoms with Crippen molar-refractivity contribution in [2.24, 2.45) is 0 Å². The fourth-order valence-electron chi connectivity index (χ4n) is 1.96. The lowest BCUT2D eigenvalue weighted by Crippen LogP contribution is -2.08. The van der Waals surface area contributed by atoms with Crippen LogP contribution >= 0.6 is 11.8 Å². The zero-order valence-electron chi connectivity index (χ0n) is 12.9. The van der Waals surface area contributed by atoms with E-state index < -0.39 is 0 Å². The molecule has 22 heavy (non-hydrogen) atoms. The predicted molar refractivity (Wildman–Crippen MR) is 93.6 cm³/mol. The fourth-order valence-corrected chi connectivity index (χ4v) is 2.37. The van der Waals surface area contributed by atoms with Gasteiger partial charge < -0.3 is 10.1 Å². The Labute approximate surface area is 135 Å². The van der Waals surface area contributed by atoms with Gasteiger partial charge in [0, 0.05) is 16.7 Å². The molecule has 2 aromatic rings. The highest BCUT2D eigenvalue weighted by Gasteiger charge is 2.03. The lowest BCUT2D eigenvalue weighted by molar-refractivity contribution is -0.111. The summed E-state index contributed by atoms with van der Waals surface area (Å²) in [6.07, 6.45) is 5.38. The van der Waals surface area contributed by atoms with Gasteiger partial charge in [0.2, 0.25) is 5.91 Å². The van der Waals surface area contributed by atoms with Crippen molar-refractivity contribution in [1.82, 2.24) is 0 Å². The van der Waals surface area contributed by atoms with Crippen LogP contribution < -0.4 is 10.1 Å². The van der Waals surface area contributed by atoms with Crippen molar-refractivity contribution < 1.29 is 9.53 Å². The van der Waals surface area contributed by atoms with E-state index in [9.17, 15) is 4.79 Å². The van der Waals surface area contributed by atoms with Crippen LogP contribution in [0.5, 0.6) is 5.75 Å². The van der Waals surface area contributed by atoms with Crippen LogP contribution in [-0.2, 0) is 4.79 Å². The Bertz CT molecular complexity index is 678. The third-order valence-corrected chi connectivity index (χ3v) is 3.98. The molecule has 0 aromatic heterocycles. The zero-order chi connectivity index (χ0) is 15.9. The van der Waals surface area contributed by atoms with Gasteiger partial charge in [0.1, 0.15) is 5.75 Å². The molecule has 3 nitrogen and oxygen atoms in total. The van der Waals surface area contributed by atoms with Crippen LogP contribution in [0, 0.1) is 6.92 Å². The van der Waals surface area contributed by atoms with Crippen molar-refractivity contribution in [3.8, 4) is 5.75 Å². The van der Waals surface area contributed by atoms with Crippen molar-refractivity contribution in [2.45, 2.75) is 11.8 Å². The molecule has 4 heteroatoms. The number of anilines is 1. The Hall–Kier alpha value is -2.20. The highest BCUT2D eigenvalue weighted by Crippen LogP contribution is 2.21. The van der Waals surface area contributed by atoms with Crippen molar-refractivity contribution in [2.75, 3.05) is 18.7 Å². The maximum atomic E-state index is 12.0. The molecule has 0 radical (unpaired) electrons. The van der Waals surface area contributed by atoms with Gasteiger partial charge in [-0.1, -0.05) is 12.1 Å². The highest BCUT2D eigenvalue weighted by molar-refractivity contribution is 7.98. The minimum Gasteiger partial charge on any atom is -0.497 e. The summed E-state index contributed by atoms with van der Waals surface area (Å²) in [6, 6.07) is 13.6. The third kappa shape index (κ3) is 4.40. The molecule has 2 aromatic carbocycles. The summed E-state index contributed by atoms with van der Waals surface area (Å²) in [6.45, 7) is 1.93. The van der Waals surface area contributed by atoms with E-state index >= 15 is 0 Å². The maximum absolute atomic E-state index is 12.0. The van der Waals surface area contributed by atoms with Crippen molar-refractivity contribution in [3.05, 3.63) is 59.7 Å². The molecule has 114 valence electrons. The number of hydrogen-bond acceptors (Lipinski definition) is 3. The minimum atomic E-state index is -0.151. The number of hydrogen-bond donors (Lipinski definition) is 1. The van der Waals surface area contributed by atoms with E-state index in [1.807, 2.05) is 55.6 Å². The Morgan fingerprint density at radius 1 is 1.18 bits per heavy atom. The first-order valence-electron chi connectivity index (χ1n) is 6.90. The number of carbonyl (C=O) groups is 1.